The quantitative estimate of drug-likeness (QED) is 0.0182. The highest BCUT2D eigenvalue weighted by molar-refractivity contribution is 6.00. The number of carbonyl (C=O) groups excluding carboxylic acids is 8. The van der Waals surface area contributed by atoms with E-state index in [2.05, 4.69) is 91.1 Å². The number of carbonyl (C=O) groups is 8. The summed E-state index contributed by atoms with van der Waals surface area (Å²) in [7, 11) is 0. The van der Waals surface area contributed by atoms with E-state index in [1.54, 1.807) is 27.7 Å². The zero-order valence-electron chi connectivity index (χ0n) is 77.6. The van der Waals surface area contributed by atoms with E-state index in [0.717, 1.165) is 89.0 Å². The van der Waals surface area contributed by atoms with Crippen molar-refractivity contribution in [2.24, 2.45) is 0 Å². The molecule has 0 radical (unpaired) electrons. The third kappa shape index (κ3) is 20.3. The van der Waals surface area contributed by atoms with Gasteiger partial charge in [0.25, 0.3) is 0 Å². The summed E-state index contributed by atoms with van der Waals surface area (Å²) in [6.07, 6.45) is -0.982. The Bertz CT molecular complexity index is 5510. The number of hydrogen-bond acceptors (Lipinski definition) is 16. The Balaban J connectivity index is 0.748. The maximum absolute atomic E-state index is 15.1. The van der Waals surface area contributed by atoms with Crippen LogP contribution in [0.4, 0.5) is 41.9 Å². The summed E-state index contributed by atoms with van der Waals surface area (Å²) < 4.78 is 52.2. The smallest absolute Gasteiger partial charge is 0.407 e. The third-order valence-electron chi connectivity index (χ3n) is 25.7. The molecule has 0 aliphatic heterocycles. The number of rotatable bonds is 32. The standard InChI is InChI=1S/C112H112N8O16/c1-9-45-129-101-69-49-71-55-78(118-106(122)66(6)114-110(126)134-62-98-91-39-23-15-31-83(91)84-32-16-24-40-92(84)98)57-73(102(71)130-46-10-2)51-75-59-80(120-108(124)68(8)116-112(128)136-64-100-95-43-27-19-35-87(95)88-36-20-28-44-96(88)100)60-76(104(75)132-48-12-4)52-74-58-79(119-107(123)67(7)115-111(127)135-63-99-93-41-25-17-33-85(93)86-34-18-26-42-94(86)99)56-72(103(74)131-47-11-3)50-70(101)54-77(53-69)117-105(121)65(5)113-109(125)133-61-97-89-37-21-13-29-81(89)82-30-14-22-38-90(82)97/h13-44,53-60,65-68,97-100H,9-12,45-52,61-64H2,1-8H3,(H,113,125)(H,114,126)(H,115,127)(H,116,128)(H,117,121)(H,118,122)(H,119,123)(H,120,124)/t65-,66-,67-,68-/m0/s1. The molecule has 24 heteroatoms. The second kappa shape index (κ2) is 41.9. The van der Waals surface area contributed by atoms with E-state index in [1.165, 1.54) is 0 Å². The Morgan fingerprint density at radius 1 is 0.250 bits per heavy atom. The zero-order valence-corrected chi connectivity index (χ0v) is 77.6. The van der Waals surface area contributed by atoms with Crippen LogP contribution in [-0.4, -0.2) is 125 Å². The number of nitrogens with one attached hydrogen (secondary N) is 8. The van der Waals surface area contributed by atoms with Gasteiger partial charge < -0.3 is 80.4 Å². The highest BCUT2D eigenvalue weighted by atomic mass is 16.6. The molecule has 5 aliphatic rings. The van der Waals surface area contributed by atoms with Crippen LogP contribution in [0.25, 0.3) is 44.5 Å². The number of hydrogen-bond donors (Lipinski definition) is 8. The average Bonchev–Trinajstić information content (AvgIpc) is 1.64. The monoisotopic (exact) mass is 1820 g/mol. The second-order valence-electron chi connectivity index (χ2n) is 35.3. The minimum atomic E-state index is -1.16. The van der Waals surface area contributed by atoms with Crippen LogP contribution in [0.2, 0.25) is 0 Å². The van der Waals surface area contributed by atoms with Crippen LogP contribution in [0.3, 0.4) is 0 Å². The van der Waals surface area contributed by atoms with Gasteiger partial charge in [0.15, 0.2) is 0 Å². The van der Waals surface area contributed by atoms with Crippen molar-refractivity contribution >= 4 is 70.8 Å². The first kappa shape index (κ1) is 92.6. The third-order valence-corrected chi connectivity index (χ3v) is 25.7. The van der Waals surface area contributed by atoms with Crippen molar-refractivity contribution in [2.75, 3.05) is 74.1 Å². The van der Waals surface area contributed by atoms with Crippen molar-refractivity contribution in [3.63, 3.8) is 0 Å². The van der Waals surface area contributed by atoms with E-state index >= 15 is 19.2 Å². The van der Waals surface area contributed by atoms with Gasteiger partial charge in [-0.25, -0.2) is 19.2 Å². The second-order valence-corrected chi connectivity index (χ2v) is 35.3. The Hall–Kier alpha value is -15.2. The van der Waals surface area contributed by atoms with E-state index in [4.69, 9.17) is 37.9 Å². The van der Waals surface area contributed by atoms with Gasteiger partial charge in [0.1, 0.15) is 73.6 Å². The van der Waals surface area contributed by atoms with Crippen molar-refractivity contribution in [3.8, 4) is 67.5 Å². The van der Waals surface area contributed by atoms with Gasteiger partial charge in [0, 0.05) is 117 Å². The van der Waals surface area contributed by atoms with Crippen molar-refractivity contribution in [2.45, 2.75) is 155 Å². The normalized spacial score (nSPS) is 13.8. The Kier molecular flexibility index (Phi) is 28.6. The summed E-state index contributed by atoms with van der Waals surface area (Å²) in [5.74, 6) is -1.64. The number of amides is 8. The molecule has 0 saturated carbocycles. The molecule has 0 spiro atoms. The van der Waals surface area contributed by atoms with Gasteiger partial charge in [-0.3, -0.25) is 19.2 Å². The van der Waals surface area contributed by atoms with Gasteiger partial charge in [0.05, 0.1) is 26.4 Å². The van der Waals surface area contributed by atoms with E-state index in [1.807, 2.05) is 222 Å². The largest absolute Gasteiger partial charge is 0.493 e. The van der Waals surface area contributed by atoms with E-state index in [0.29, 0.717) is 116 Å². The molecule has 17 rings (SSSR count). The molecule has 12 aromatic carbocycles. The summed E-state index contributed by atoms with van der Waals surface area (Å²) in [5, 5.41) is 23.7. The highest BCUT2D eigenvalue weighted by Gasteiger charge is 2.37. The van der Waals surface area contributed by atoms with Crippen LogP contribution in [-0.2, 0) is 63.8 Å². The SMILES string of the molecule is CCCOc1c2cc(NC(=O)[C@H](C)NC(=O)OCC3c4ccccc4-c4ccccc43)cc1Cc1cc(NC(=O)[C@H](C)NC(=O)OCC3c4ccccc4-c4ccccc43)cc(c1OCCC)Cc1cc(NC(=O)[C@H](C)NC(=O)OCC3c4ccccc4-c4ccccc43)cc(c1OCCC)Cc1cc(NC(=O)[C@H](C)NC(=O)OCC3c4ccccc4-c4ccccc43)cc(c1OCCC)C2. The molecular formula is C112H112N8O16. The summed E-state index contributed by atoms with van der Waals surface area (Å²) in [4.78, 5) is 117. The minimum absolute atomic E-state index is 0.00315. The summed E-state index contributed by atoms with van der Waals surface area (Å²) in [6, 6.07) is 74.0. The van der Waals surface area contributed by atoms with Gasteiger partial charge in [-0.1, -0.05) is 222 Å². The molecule has 12 aromatic rings. The first-order valence-corrected chi connectivity index (χ1v) is 47.0. The van der Waals surface area contributed by atoms with Crippen molar-refractivity contribution in [1.82, 2.24) is 21.3 Å². The predicted octanol–water partition coefficient (Wildman–Crippen LogP) is 21.0. The van der Waals surface area contributed by atoms with E-state index < -0.39 is 72.2 Å². The van der Waals surface area contributed by atoms with E-state index in [-0.39, 0.29) is 102 Å². The van der Waals surface area contributed by atoms with Gasteiger partial charge >= 0.3 is 24.4 Å². The van der Waals surface area contributed by atoms with Crippen LogP contribution < -0.4 is 61.5 Å². The lowest BCUT2D eigenvalue weighted by atomic mass is 9.90. The number of fused-ring (bicyclic) bond motifs is 20. The summed E-state index contributed by atoms with van der Waals surface area (Å²) in [5.41, 5.74) is 22.2. The molecule has 0 aromatic heterocycles. The lowest BCUT2D eigenvalue weighted by molar-refractivity contribution is -0.118. The minimum Gasteiger partial charge on any atom is -0.493 e. The molecule has 0 unspecified atom stereocenters. The highest BCUT2D eigenvalue weighted by Crippen LogP contribution is 2.51. The molecule has 8 bridgehead atoms. The molecule has 5 aliphatic carbocycles. The van der Waals surface area contributed by atoms with Crippen LogP contribution in [0.1, 0.15) is 194 Å². The lowest BCUT2D eigenvalue weighted by Crippen LogP contribution is -2.42. The van der Waals surface area contributed by atoms with Gasteiger partial charge in [-0.05, 0) is 191 Å². The lowest BCUT2D eigenvalue weighted by Gasteiger charge is -2.25. The predicted molar refractivity (Wildman–Crippen MR) is 525 cm³/mol. The molecule has 0 fully saturated rings. The molecule has 696 valence electrons. The maximum atomic E-state index is 15.1. The molecule has 0 saturated heterocycles. The van der Waals surface area contributed by atoms with Gasteiger partial charge in [0.2, 0.25) is 23.6 Å². The molecule has 24 nitrogen and oxygen atoms in total. The summed E-state index contributed by atoms with van der Waals surface area (Å²) in [6.45, 7) is 15.1. The fourth-order valence-electron chi connectivity index (χ4n) is 19.3. The van der Waals surface area contributed by atoms with Crippen LogP contribution in [0, 0.1) is 0 Å². The van der Waals surface area contributed by atoms with Crippen LogP contribution >= 0.6 is 0 Å². The van der Waals surface area contributed by atoms with Gasteiger partial charge in [-0.15, -0.1) is 0 Å². The van der Waals surface area contributed by atoms with Gasteiger partial charge in [-0.2, -0.15) is 0 Å². The summed E-state index contributed by atoms with van der Waals surface area (Å²) >= 11 is 0. The molecule has 0 heterocycles. The number of anilines is 4. The molecule has 8 amide bonds. The molecule has 4 atom stereocenters. The number of alkyl carbamates (subject to hydrolysis) is 4. The van der Waals surface area contributed by atoms with Crippen molar-refractivity contribution in [3.05, 3.63) is 332 Å². The number of ether oxygens (including phenoxy) is 8. The van der Waals surface area contributed by atoms with E-state index in [9.17, 15) is 19.2 Å². The fraction of sp³-hybridized carbons (Fsp3) is 0.286. The molecule has 136 heavy (non-hydrogen) atoms. The topological polar surface area (TPSA) is 307 Å². The van der Waals surface area contributed by atoms with Crippen LogP contribution in [0.15, 0.2) is 243 Å². The number of benzene rings is 12. The molecule has 8 N–H and O–H groups in total. The molecular weight excluding hydrogens is 1710 g/mol. The zero-order chi connectivity index (χ0) is 94.6. The van der Waals surface area contributed by atoms with Crippen LogP contribution in [0.5, 0.6) is 23.0 Å². The maximum Gasteiger partial charge on any atom is 0.407 e. The Morgan fingerprint density at radius 2 is 0.404 bits per heavy atom. The fourth-order valence-corrected chi connectivity index (χ4v) is 19.3. The Morgan fingerprint density at radius 3 is 0.559 bits per heavy atom. The first-order chi connectivity index (χ1) is 66.2. The van der Waals surface area contributed by atoms with Crippen molar-refractivity contribution in [1.29, 1.82) is 0 Å². The first-order valence-electron chi connectivity index (χ1n) is 47.0. The Labute approximate surface area is 791 Å². The van der Waals surface area contributed by atoms with Crippen molar-refractivity contribution < 1.29 is 76.3 Å². The average molecular weight is 1830 g/mol.